The average molecular weight is 348 g/mol. The number of rotatable bonds is 8. The van der Waals surface area contributed by atoms with E-state index >= 15 is 0 Å². The van der Waals surface area contributed by atoms with Crippen molar-refractivity contribution >= 4 is 23.9 Å². The fourth-order valence-corrected chi connectivity index (χ4v) is 1.25. The van der Waals surface area contributed by atoms with Gasteiger partial charge in [-0.15, -0.1) is 0 Å². The molecule has 140 valence electrons. The Labute approximate surface area is 142 Å². The zero-order chi connectivity index (χ0) is 19.2. The average Bonchev–Trinajstić information content (AvgIpc) is 2.48. The van der Waals surface area contributed by atoms with E-state index in [0.717, 1.165) is 0 Å². The van der Waals surface area contributed by atoms with E-state index in [1.54, 1.807) is 27.7 Å². The number of carbonyl (C=O) groups excluding carboxylic acids is 4. The number of esters is 4. The Kier molecular flexibility index (Phi) is 13.4. The maximum atomic E-state index is 11.3. The monoisotopic (exact) mass is 348 g/mol. The van der Waals surface area contributed by atoms with Gasteiger partial charge in [0, 0.05) is 0 Å². The molecule has 0 radical (unpaired) electrons. The first-order valence-corrected chi connectivity index (χ1v) is 7.82. The molecule has 0 unspecified atom stereocenters. The zero-order valence-corrected chi connectivity index (χ0v) is 15.3. The highest BCUT2D eigenvalue weighted by molar-refractivity contribution is 5.99. The van der Waals surface area contributed by atoms with E-state index < -0.39 is 29.3 Å². The van der Waals surface area contributed by atoms with E-state index in [1.807, 2.05) is 0 Å². The van der Waals surface area contributed by atoms with Crippen LogP contribution in [0.1, 0.15) is 48.0 Å². The Morgan fingerprint density at radius 1 is 0.625 bits per heavy atom. The molecule has 0 heterocycles. The van der Waals surface area contributed by atoms with Gasteiger partial charge in [0.15, 0.2) is 5.41 Å². The lowest BCUT2D eigenvalue weighted by Crippen LogP contribution is -2.36. The van der Waals surface area contributed by atoms with E-state index in [1.165, 1.54) is 13.8 Å². The first-order valence-electron chi connectivity index (χ1n) is 7.82. The highest BCUT2D eigenvalue weighted by Crippen LogP contribution is 2.19. The van der Waals surface area contributed by atoms with Crippen molar-refractivity contribution in [2.75, 3.05) is 26.4 Å². The molecule has 0 amide bonds. The maximum absolute atomic E-state index is 11.3. The second-order valence-corrected chi connectivity index (χ2v) is 4.85. The van der Waals surface area contributed by atoms with Gasteiger partial charge in [0.25, 0.3) is 0 Å². The molecule has 0 atom stereocenters. The summed E-state index contributed by atoms with van der Waals surface area (Å²) in [5.41, 5.74) is -1.20. The molecule has 0 spiro atoms. The smallest absolute Gasteiger partial charge is 0.322 e. The van der Waals surface area contributed by atoms with Gasteiger partial charge >= 0.3 is 23.9 Å². The van der Waals surface area contributed by atoms with Crippen LogP contribution in [0, 0.1) is 5.41 Å². The second kappa shape index (κ2) is 13.3. The van der Waals surface area contributed by atoms with Gasteiger partial charge < -0.3 is 18.9 Å². The van der Waals surface area contributed by atoms with Gasteiger partial charge in [0.2, 0.25) is 0 Å². The molecule has 8 nitrogen and oxygen atoms in total. The summed E-state index contributed by atoms with van der Waals surface area (Å²) in [5, 5.41) is 0. The fourth-order valence-electron chi connectivity index (χ4n) is 1.25. The SMILES string of the molecule is CCOC(=O)C(C)(C)C(=O)OCC.CCOC(=O)CC(=O)OCC. The first kappa shape index (κ1) is 24.1. The van der Waals surface area contributed by atoms with Crippen molar-refractivity contribution in [3.8, 4) is 0 Å². The normalized spacial score (nSPS) is 9.92. The summed E-state index contributed by atoms with van der Waals surface area (Å²) in [6.07, 6.45) is -0.290. The summed E-state index contributed by atoms with van der Waals surface area (Å²) < 4.78 is 18.5. The van der Waals surface area contributed by atoms with Gasteiger partial charge in [-0.1, -0.05) is 0 Å². The van der Waals surface area contributed by atoms with Crippen molar-refractivity contribution in [2.24, 2.45) is 5.41 Å². The lowest BCUT2D eigenvalue weighted by Gasteiger charge is -2.19. The molecule has 0 aliphatic heterocycles. The lowest BCUT2D eigenvalue weighted by atomic mass is 9.94. The van der Waals surface area contributed by atoms with E-state index in [4.69, 9.17) is 9.47 Å². The zero-order valence-electron chi connectivity index (χ0n) is 15.3. The summed E-state index contributed by atoms with van der Waals surface area (Å²) >= 11 is 0. The Hall–Kier alpha value is -2.12. The quantitative estimate of drug-likeness (QED) is 0.370. The molecule has 24 heavy (non-hydrogen) atoms. The van der Waals surface area contributed by atoms with Crippen LogP contribution < -0.4 is 0 Å². The third-order valence-corrected chi connectivity index (χ3v) is 2.47. The van der Waals surface area contributed by atoms with Gasteiger partial charge in [-0.25, -0.2) is 0 Å². The van der Waals surface area contributed by atoms with Crippen molar-refractivity contribution < 1.29 is 38.1 Å². The molecule has 0 fully saturated rings. The molecule has 0 aromatic carbocycles. The summed E-state index contributed by atoms with van der Waals surface area (Å²) in [6.45, 7) is 10.8. The van der Waals surface area contributed by atoms with Crippen molar-refractivity contribution in [3.63, 3.8) is 0 Å². The lowest BCUT2D eigenvalue weighted by molar-refractivity contribution is -0.169. The standard InChI is InChI=1S/C9H16O4.C7H12O4/c1-5-12-7(10)9(3,4)8(11)13-6-2;1-3-10-6(8)5-7(9)11-4-2/h5-6H2,1-4H3;3-5H2,1-2H3. The van der Waals surface area contributed by atoms with Crippen LogP contribution >= 0.6 is 0 Å². The van der Waals surface area contributed by atoms with Crippen LogP contribution in [-0.4, -0.2) is 50.3 Å². The van der Waals surface area contributed by atoms with Crippen LogP contribution in [0.2, 0.25) is 0 Å². The molecule has 0 aliphatic carbocycles. The minimum atomic E-state index is -1.20. The van der Waals surface area contributed by atoms with E-state index in [9.17, 15) is 19.2 Å². The summed E-state index contributed by atoms with van der Waals surface area (Å²) in [6, 6.07) is 0. The van der Waals surface area contributed by atoms with E-state index in [2.05, 4.69) is 9.47 Å². The van der Waals surface area contributed by atoms with Crippen LogP contribution in [0.3, 0.4) is 0 Å². The van der Waals surface area contributed by atoms with Gasteiger partial charge in [-0.05, 0) is 41.5 Å². The van der Waals surface area contributed by atoms with Crippen molar-refractivity contribution in [1.82, 2.24) is 0 Å². The van der Waals surface area contributed by atoms with Crippen LogP contribution in [-0.2, 0) is 38.1 Å². The van der Waals surface area contributed by atoms with Crippen molar-refractivity contribution in [3.05, 3.63) is 0 Å². The molecule has 8 heteroatoms. The molecule has 0 bridgehead atoms. The molecule has 0 rings (SSSR count). The number of carbonyl (C=O) groups is 4. The number of hydrogen-bond acceptors (Lipinski definition) is 8. The fraction of sp³-hybridized carbons (Fsp3) is 0.750. The number of hydrogen-bond donors (Lipinski definition) is 0. The van der Waals surface area contributed by atoms with Crippen LogP contribution in [0.25, 0.3) is 0 Å². The van der Waals surface area contributed by atoms with Crippen LogP contribution in [0.5, 0.6) is 0 Å². The van der Waals surface area contributed by atoms with Gasteiger partial charge in [0.1, 0.15) is 6.42 Å². The van der Waals surface area contributed by atoms with Crippen LogP contribution in [0.4, 0.5) is 0 Å². The minimum Gasteiger partial charge on any atom is -0.466 e. The predicted octanol–water partition coefficient (Wildman–Crippen LogP) is 1.64. The molecule has 0 saturated carbocycles. The molecule has 0 aromatic heterocycles. The van der Waals surface area contributed by atoms with E-state index in [0.29, 0.717) is 0 Å². The molecule has 0 aliphatic rings. The predicted molar refractivity (Wildman–Crippen MR) is 84.9 cm³/mol. The Balaban J connectivity index is 0. The number of ether oxygens (including phenoxy) is 4. The highest BCUT2D eigenvalue weighted by Gasteiger charge is 2.39. The molecular weight excluding hydrogens is 320 g/mol. The Morgan fingerprint density at radius 2 is 0.917 bits per heavy atom. The summed E-state index contributed by atoms with van der Waals surface area (Å²) in [7, 11) is 0. The van der Waals surface area contributed by atoms with Crippen molar-refractivity contribution in [2.45, 2.75) is 48.0 Å². The third-order valence-electron chi connectivity index (χ3n) is 2.47. The first-order chi connectivity index (χ1) is 11.2. The minimum absolute atomic E-state index is 0.266. The summed E-state index contributed by atoms with van der Waals surface area (Å²) in [5.74, 6) is -2.17. The van der Waals surface area contributed by atoms with Crippen molar-refractivity contribution in [1.29, 1.82) is 0 Å². The molecule has 0 aromatic rings. The highest BCUT2D eigenvalue weighted by atomic mass is 16.6. The Bertz CT molecular complexity index is 378. The maximum Gasteiger partial charge on any atom is 0.322 e. The molecule has 0 saturated heterocycles. The molecular formula is C16H28O8. The molecule has 0 N–H and O–H groups in total. The largest absolute Gasteiger partial charge is 0.466 e. The van der Waals surface area contributed by atoms with Crippen LogP contribution in [0.15, 0.2) is 0 Å². The van der Waals surface area contributed by atoms with Gasteiger partial charge in [0.05, 0.1) is 26.4 Å². The van der Waals surface area contributed by atoms with Gasteiger partial charge in [-0.3, -0.25) is 19.2 Å². The second-order valence-electron chi connectivity index (χ2n) is 4.85. The topological polar surface area (TPSA) is 105 Å². The van der Waals surface area contributed by atoms with E-state index in [-0.39, 0.29) is 32.8 Å². The summed E-state index contributed by atoms with van der Waals surface area (Å²) in [4.78, 5) is 43.7. The third kappa shape index (κ3) is 10.6. The Morgan fingerprint density at radius 3 is 1.17 bits per heavy atom. The van der Waals surface area contributed by atoms with Gasteiger partial charge in [-0.2, -0.15) is 0 Å².